The molecule has 1 fully saturated rings. The molecule has 3 aromatic carbocycles. The van der Waals surface area contributed by atoms with Gasteiger partial charge in [0.25, 0.3) is 5.91 Å². The van der Waals surface area contributed by atoms with Crippen molar-refractivity contribution in [2.24, 2.45) is 0 Å². The second kappa shape index (κ2) is 9.45. The Bertz CT molecular complexity index is 1240. The second-order valence-corrected chi connectivity index (χ2v) is 8.72. The van der Waals surface area contributed by atoms with Crippen molar-refractivity contribution in [1.29, 1.82) is 0 Å². The van der Waals surface area contributed by atoms with Gasteiger partial charge in [-0.1, -0.05) is 49.6 Å². The number of amides is 1. The molecular formula is C27H28N4O2. The van der Waals surface area contributed by atoms with Gasteiger partial charge in [0.15, 0.2) is 6.61 Å². The van der Waals surface area contributed by atoms with Crippen LogP contribution in [0.4, 0.5) is 5.69 Å². The van der Waals surface area contributed by atoms with E-state index in [2.05, 4.69) is 27.6 Å². The van der Waals surface area contributed by atoms with E-state index in [0.29, 0.717) is 17.4 Å². The zero-order valence-electron chi connectivity index (χ0n) is 18.8. The van der Waals surface area contributed by atoms with Gasteiger partial charge in [-0.2, -0.15) is 4.80 Å². The van der Waals surface area contributed by atoms with Gasteiger partial charge in [-0.3, -0.25) is 4.79 Å². The summed E-state index contributed by atoms with van der Waals surface area (Å²) in [5, 5.41) is 12.0. The number of anilines is 1. The van der Waals surface area contributed by atoms with E-state index in [9.17, 15) is 4.79 Å². The Morgan fingerprint density at radius 3 is 2.39 bits per heavy atom. The van der Waals surface area contributed by atoms with Gasteiger partial charge in [0.2, 0.25) is 0 Å². The predicted molar refractivity (Wildman–Crippen MR) is 130 cm³/mol. The molecule has 168 valence electrons. The number of hydrogen-bond donors (Lipinski definition) is 1. The van der Waals surface area contributed by atoms with Crippen LogP contribution in [0.2, 0.25) is 0 Å². The molecule has 0 atom stereocenters. The van der Waals surface area contributed by atoms with Crippen molar-refractivity contribution in [2.75, 3.05) is 11.9 Å². The molecule has 33 heavy (non-hydrogen) atoms. The highest BCUT2D eigenvalue weighted by molar-refractivity contribution is 5.95. The van der Waals surface area contributed by atoms with E-state index in [-0.39, 0.29) is 12.5 Å². The Balaban J connectivity index is 1.22. The number of nitrogens with one attached hydrogen (secondary N) is 1. The van der Waals surface area contributed by atoms with Crippen LogP contribution < -0.4 is 10.1 Å². The smallest absolute Gasteiger partial charge is 0.262 e. The molecule has 1 aromatic heterocycles. The lowest BCUT2D eigenvalue weighted by Gasteiger charge is -2.22. The van der Waals surface area contributed by atoms with Crippen LogP contribution in [0.25, 0.3) is 16.7 Å². The summed E-state index contributed by atoms with van der Waals surface area (Å²) in [5.41, 5.74) is 5.40. The molecule has 0 aliphatic heterocycles. The van der Waals surface area contributed by atoms with Gasteiger partial charge in [-0.05, 0) is 73.2 Å². The standard InChI is InChI=1S/C27H28N4O2/c1-19-16-25-26(30-31(29-25)22-10-6-3-7-11-22)17-24(19)28-27(32)18-33-23-14-12-21(13-15-23)20-8-4-2-5-9-20/h3,6-7,10-17,20H,2,4-5,8-9,18H2,1H3,(H,28,32). The van der Waals surface area contributed by atoms with Gasteiger partial charge in [-0.15, -0.1) is 10.2 Å². The first-order chi connectivity index (χ1) is 16.2. The summed E-state index contributed by atoms with van der Waals surface area (Å²) in [4.78, 5) is 14.1. The number of carbonyl (C=O) groups excluding carboxylic acids is 1. The van der Waals surface area contributed by atoms with Crippen molar-refractivity contribution in [3.63, 3.8) is 0 Å². The van der Waals surface area contributed by atoms with Gasteiger partial charge >= 0.3 is 0 Å². The van der Waals surface area contributed by atoms with E-state index < -0.39 is 0 Å². The quantitative estimate of drug-likeness (QED) is 0.412. The first kappa shape index (κ1) is 21.2. The minimum absolute atomic E-state index is 0.0447. The van der Waals surface area contributed by atoms with E-state index in [0.717, 1.165) is 22.3 Å². The molecule has 1 N–H and O–H groups in total. The van der Waals surface area contributed by atoms with Gasteiger partial charge in [0, 0.05) is 5.69 Å². The molecule has 5 rings (SSSR count). The number of nitrogens with zero attached hydrogens (tertiary/aromatic N) is 3. The number of carbonyl (C=O) groups is 1. The van der Waals surface area contributed by atoms with Crippen LogP contribution in [-0.4, -0.2) is 27.5 Å². The first-order valence-electron chi connectivity index (χ1n) is 11.6. The Kier molecular flexibility index (Phi) is 6.07. The van der Waals surface area contributed by atoms with Crippen molar-refractivity contribution in [3.8, 4) is 11.4 Å². The summed E-state index contributed by atoms with van der Waals surface area (Å²) in [6, 6.07) is 21.8. The first-order valence-corrected chi connectivity index (χ1v) is 11.6. The van der Waals surface area contributed by atoms with Gasteiger partial charge in [0.1, 0.15) is 16.8 Å². The molecule has 0 radical (unpaired) electrons. The maximum absolute atomic E-state index is 12.5. The Morgan fingerprint density at radius 2 is 1.67 bits per heavy atom. The SMILES string of the molecule is Cc1cc2nn(-c3ccccc3)nc2cc1NC(=O)COc1ccc(C2CCCCC2)cc1. The number of hydrogen-bond acceptors (Lipinski definition) is 4. The number of aromatic nitrogens is 3. The number of fused-ring (bicyclic) bond motifs is 1. The summed E-state index contributed by atoms with van der Waals surface area (Å²) < 4.78 is 5.73. The number of ether oxygens (including phenoxy) is 1. The number of aryl methyl sites for hydroxylation is 1. The molecule has 1 amide bonds. The minimum Gasteiger partial charge on any atom is -0.484 e. The fraction of sp³-hybridized carbons (Fsp3) is 0.296. The molecule has 1 aliphatic rings. The predicted octanol–water partition coefficient (Wildman–Crippen LogP) is 5.79. The number of para-hydroxylation sites is 1. The molecule has 6 heteroatoms. The maximum atomic E-state index is 12.5. The third-order valence-electron chi connectivity index (χ3n) is 6.31. The molecule has 0 bridgehead atoms. The maximum Gasteiger partial charge on any atom is 0.262 e. The van der Waals surface area contributed by atoms with Crippen molar-refractivity contribution < 1.29 is 9.53 Å². The van der Waals surface area contributed by atoms with Gasteiger partial charge in [0.05, 0.1) is 5.69 Å². The minimum atomic E-state index is -0.204. The summed E-state index contributed by atoms with van der Waals surface area (Å²) in [7, 11) is 0. The molecule has 0 unspecified atom stereocenters. The number of benzene rings is 3. The van der Waals surface area contributed by atoms with Crippen LogP contribution in [0, 0.1) is 6.92 Å². The summed E-state index contributed by atoms with van der Waals surface area (Å²) in [5.74, 6) is 1.17. The Labute approximate surface area is 193 Å². The average Bonchev–Trinajstić information content (AvgIpc) is 3.27. The molecule has 4 aromatic rings. The van der Waals surface area contributed by atoms with Crippen LogP contribution in [0.5, 0.6) is 5.75 Å². The lowest BCUT2D eigenvalue weighted by atomic mass is 9.84. The summed E-state index contributed by atoms with van der Waals surface area (Å²) in [6.07, 6.45) is 6.52. The largest absolute Gasteiger partial charge is 0.484 e. The van der Waals surface area contributed by atoms with Gasteiger partial charge < -0.3 is 10.1 Å². The molecule has 1 aliphatic carbocycles. The summed E-state index contributed by atoms with van der Waals surface area (Å²) >= 11 is 0. The second-order valence-electron chi connectivity index (χ2n) is 8.72. The van der Waals surface area contributed by atoms with E-state index in [4.69, 9.17) is 4.74 Å². The zero-order chi connectivity index (χ0) is 22.6. The molecule has 1 heterocycles. The van der Waals surface area contributed by atoms with Crippen LogP contribution in [0.3, 0.4) is 0 Å². The highest BCUT2D eigenvalue weighted by Gasteiger charge is 2.15. The van der Waals surface area contributed by atoms with Crippen molar-refractivity contribution in [3.05, 3.63) is 77.9 Å². The monoisotopic (exact) mass is 440 g/mol. The van der Waals surface area contributed by atoms with E-state index in [1.54, 1.807) is 4.80 Å². The molecular weight excluding hydrogens is 412 g/mol. The number of rotatable bonds is 6. The Morgan fingerprint density at radius 1 is 0.970 bits per heavy atom. The lowest BCUT2D eigenvalue weighted by molar-refractivity contribution is -0.118. The van der Waals surface area contributed by atoms with E-state index >= 15 is 0 Å². The van der Waals surface area contributed by atoms with Crippen molar-refractivity contribution in [1.82, 2.24) is 15.0 Å². The highest BCUT2D eigenvalue weighted by Crippen LogP contribution is 2.33. The van der Waals surface area contributed by atoms with E-state index in [1.807, 2.05) is 61.5 Å². The fourth-order valence-electron chi connectivity index (χ4n) is 4.49. The summed E-state index contributed by atoms with van der Waals surface area (Å²) in [6.45, 7) is 1.90. The fourth-order valence-corrected chi connectivity index (χ4v) is 4.49. The topological polar surface area (TPSA) is 69.0 Å². The third kappa shape index (κ3) is 4.90. The van der Waals surface area contributed by atoms with Crippen molar-refractivity contribution in [2.45, 2.75) is 44.9 Å². The van der Waals surface area contributed by atoms with Crippen LogP contribution in [0.1, 0.15) is 49.1 Å². The zero-order valence-corrected chi connectivity index (χ0v) is 18.8. The van der Waals surface area contributed by atoms with Crippen LogP contribution in [-0.2, 0) is 4.79 Å². The molecule has 1 saturated carbocycles. The van der Waals surface area contributed by atoms with E-state index in [1.165, 1.54) is 37.7 Å². The highest BCUT2D eigenvalue weighted by atomic mass is 16.5. The molecule has 0 saturated heterocycles. The average molecular weight is 441 g/mol. The van der Waals surface area contributed by atoms with Crippen LogP contribution in [0.15, 0.2) is 66.7 Å². The third-order valence-corrected chi connectivity index (χ3v) is 6.31. The molecule has 0 spiro atoms. The lowest BCUT2D eigenvalue weighted by Crippen LogP contribution is -2.20. The normalized spacial score (nSPS) is 14.3. The van der Waals surface area contributed by atoms with Gasteiger partial charge in [-0.25, -0.2) is 0 Å². The Hall–Kier alpha value is -3.67. The molecule has 6 nitrogen and oxygen atoms in total. The van der Waals surface area contributed by atoms with Crippen molar-refractivity contribution >= 4 is 22.6 Å². The van der Waals surface area contributed by atoms with Crippen LogP contribution >= 0.6 is 0 Å².